The van der Waals surface area contributed by atoms with Crippen LogP contribution in [0.5, 0.6) is 0 Å². The summed E-state index contributed by atoms with van der Waals surface area (Å²) in [6.45, 7) is 8.51. The van der Waals surface area contributed by atoms with Gasteiger partial charge in [0.15, 0.2) is 0 Å². The van der Waals surface area contributed by atoms with Gasteiger partial charge in [0.05, 0.1) is 0 Å². The first-order valence-electron chi connectivity index (χ1n) is 22.5. The van der Waals surface area contributed by atoms with Crippen LogP contribution in [0.2, 0.25) is 10.0 Å². The summed E-state index contributed by atoms with van der Waals surface area (Å²) in [6, 6.07) is -1.39. The Labute approximate surface area is 384 Å². The first-order valence-corrected chi connectivity index (χ1v) is 23.2. The fraction of sp³-hybridized carbons (Fsp3) is 0.711. The van der Waals surface area contributed by atoms with E-state index >= 15 is 0 Å². The number of likely N-dealkylation sites (N-methyl/N-ethyl adjacent to an activating group) is 2. The summed E-state index contributed by atoms with van der Waals surface area (Å²) in [5, 5.41) is 14.2. The van der Waals surface area contributed by atoms with Gasteiger partial charge < -0.3 is 36.4 Å². The molecule has 64 heavy (non-hydrogen) atoms. The van der Waals surface area contributed by atoms with Gasteiger partial charge in [-0.25, -0.2) is 0 Å². The molecule has 1 aromatic rings. The molecule has 358 valence electrons. The Hall–Kier alpha value is -4.12. The van der Waals surface area contributed by atoms with Crippen LogP contribution in [-0.2, 0) is 40.0 Å². The first kappa shape index (κ1) is 52.5. The van der Waals surface area contributed by atoms with Gasteiger partial charge in [0.1, 0.15) is 41.2 Å². The summed E-state index contributed by atoms with van der Waals surface area (Å²) in [5.41, 5.74) is -3.56. The molecule has 2 aliphatic carbocycles. The van der Waals surface area contributed by atoms with Crippen LogP contribution in [0.3, 0.4) is 0 Å². The van der Waals surface area contributed by atoms with Gasteiger partial charge in [0.25, 0.3) is 0 Å². The normalized spacial score (nSPS) is 23.6. The number of nitrogens with one attached hydrogen (secondary N) is 5. The van der Waals surface area contributed by atoms with E-state index < -0.39 is 88.7 Å². The third kappa shape index (κ3) is 13.5. The van der Waals surface area contributed by atoms with Gasteiger partial charge in [0, 0.05) is 37.1 Å². The highest BCUT2D eigenvalue weighted by atomic mass is 35.5. The zero-order chi connectivity index (χ0) is 47.7. The Bertz CT molecular complexity index is 1870. The van der Waals surface area contributed by atoms with Crippen molar-refractivity contribution in [3.05, 3.63) is 33.8 Å². The van der Waals surface area contributed by atoms with Crippen LogP contribution in [0, 0.1) is 17.3 Å². The average molecular weight is 945 g/mol. The molecule has 14 nitrogen and oxygen atoms in total. The van der Waals surface area contributed by atoms with Crippen LogP contribution < -0.4 is 26.6 Å². The van der Waals surface area contributed by atoms with Crippen molar-refractivity contribution in [2.45, 2.75) is 166 Å². The molecule has 1 aromatic carbocycles. The second-order valence-corrected chi connectivity index (χ2v) is 19.6. The smallest absolute Gasteiger partial charge is 0.354 e. The van der Waals surface area contributed by atoms with Crippen LogP contribution in [0.1, 0.15) is 124 Å². The molecule has 3 aliphatic rings. The van der Waals surface area contributed by atoms with Crippen molar-refractivity contribution >= 4 is 64.6 Å². The number of amides is 7. The highest BCUT2D eigenvalue weighted by molar-refractivity contribution is 6.33. The van der Waals surface area contributed by atoms with Crippen molar-refractivity contribution in [3.8, 4) is 0 Å². The molecular formula is C45H66Cl2F3N7O7. The number of halogens is 5. The zero-order valence-electron chi connectivity index (χ0n) is 38.0. The van der Waals surface area contributed by atoms with Crippen molar-refractivity contribution in [2.75, 3.05) is 20.6 Å². The highest BCUT2D eigenvalue weighted by Crippen LogP contribution is 2.49. The number of carbonyl (C=O) groups excluding carboxylic acids is 7. The van der Waals surface area contributed by atoms with Crippen molar-refractivity contribution in [2.24, 2.45) is 17.3 Å². The van der Waals surface area contributed by atoms with E-state index in [1.165, 1.54) is 37.7 Å². The van der Waals surface area contributed by atoms with Crippen LogP contribution in [0.25, 0.3) is 0 Å². The second kappa shape index (κ2) is 22.4. The third-order valence-corrected chi connectivity index (χ3v) is 13.4. The van der Waals surface area contributed by atoms with Crippen LogP contribution >= 0.6 is 23.2 Å². The van der Waals surface area contributed by atoms with Gasteiger partial charge in [-0.15, -0.1) is 0 Å². The monoisotopic (exact) mass is 943 g/mol. The molecule has 3 fully saturated rings. The minimum absolute atomic E-state index is 0.0429. The third-order valence-electron chi connectivity index (χ3n) is 12.8. The number of carbonyl (C=O) groups is 7. The van der Waals surface area contributed by atoms with E-state index in [0.717, 1.165) is 12.8 Å². The number of nitrogens with zero attached hydrogens (tertiary/aromatic N) is 2. The fourth-order valence-electron chi connectivity index (χ4n) is 8.53. The van der Waals surface area contributed by atoms with Gasteiger partial charge in [0.2, 0.25) is 41.4 Å². The SMILES string of the molecule is CC[C@H](NC(=O)C1(C(F)(F)F)CCCCC1)C(=O)N[C@@H](CC1CC1)C(=O)N(C)[C@H]1CCCCNC(=O)C(C)(C)NC(=O)[C@H](Cc2cc(Cl)ccc2Cl)N(C)C(=O)[C@H](CC(C)C)NC1=O. The fourth-order valence-corrected chi connectivity index (χ4v) is 8.92. The maximum atomic E-state index is 14.5. The number of hydrogen-bond acceptors (Lipinski definition) is 7. The number of hydrogen-bond donors (Lipinski definition) is 5. The molecule has 1 saturated heterocycles. The van der Waals surface area contributed by atoms with Crippen LogP contribution in [-0.4, -0.2) is 114 Å². The van der Waals surface area contributed by atoms with Crippen molar-refractivity contribution in [1.82, 2.24) is 36.4 Å². The van der Waals surface area contributed by atoms with Gasteiger partial charge in [-0.3, -0.25) is 33.6 Å². The molecule has 0 bridgehead atoms. The van der Waals surface area contributed by atoms with Gasteiger partial charge >= 0.3 is 6.18 Å². The van der Waals surface area contributed by atoms with Crippen molar-refractivity contribution in [1.29, 1.82) is 0 Å². The van der Waals surface area contributed by atoms with Crippen LogP contribution in [0.4, 0.5) is 13.2 Å². The van der Waals surface area contributed by atoms with Gasteiger partial charge in [-0.2, -0.15) is 13.2 Å². The lowest BCUT2D eigenvalue weighted by atomic mass is 9.72. The molecule has 0 aromatic heterocycles. The maximum absolute atomic E-state index is 14.5. The lowest BCUT2D eigenvalue weighted by Crippen LogP contribution is -2.62. The summed E-state index contributed by atoms with van der Waals surface area (Å²) < 4.78 is 43.2. The molecule has 0 unspecified atom stereocenters. The second-order valence-electron chi connectivity index (χ2n) is 18.7. The molecule has 0 radical (unpaired) electrons. The Morgan fingerprint density at radius 3 is 2.17 bits per heavy atom. The standard InChI is InChI=1S/C45H66Cl2F3N7O7/c1-8-31(54-42(64)44(45(48,49)50)19-11-9-12-20-44)36(58)52-33(23-27-15-16-27)40(62)56(6)34-14-10-13-21-51-41(63)43(4,5)55-38(60)35(25-28-24-29(46)17-18-30(28)47)57(7)39(61)32(22-26(2)3)53-37(34)59/h17-18,24,26-27,31-35H,8-16,19-23,25H2,1-7H3,(H,51,63)(H,52,58)(H,53,59)(H,54,64)(H,55,60)/t31-,32-,33-,34-,35-/m0/s1. The molecule has 5 atom stereocenters. The van der Waals surface area contributed by atoms with Gasteiger partial charge in [-0.1, -0.05) is 76.1 Å². The lowest BCUT2D eigenvalue weighted by Gasteiger charge is -2.38. The minimum atomic E-state index is -4.82. The van der Waals surface area contributed by atoms with E-state index in [0.29, 0.717) is 34.9 Å². The lowest BCUT2D eigenvalue weighted by molar-refractivity contribution is -0.230. The predicted octanol–water partition coefficient (Wildman–Crippen LogP) is 5.61. The topological polar surface area (TPSA) is 186 Å². The number of benzene rings is 1. The van der Waals surface area contributed by atoms with Crippen LogP contribution in [0.15, 0.2) is 18.2 Å². The van der Waals surface area contributed by atoms with E-state index in [2.05, 4.69) is 26.6 Å². The Kier molecular flexibility index (Phi) is 18.4. The van der Waals surface area contributed by atoms with Crippen molar-refractivity contribution < 1.29 is 46.7 Å². The zero-order valence-corrected chi connectivity index (χ0v) is 39.5. The molecule has 5 N–H and O–H groups in total. The summed E-state index contributed by atoms with van der Waals surface area (Å²) in [5.74, 6) is -5.20. The number of rotatable bonds is 13. The molecule has 7 amide bonds. The summed E-state index contributed by atoms with van der Waals surface area (Å²) in [4.78, 5) is 101. The minimum Gasteiger partial charge on any atom is -0.354 e. The molecule has 19 heteroatoms. The summed E-state index contributed by atoms with van der Waals surface area (Å²) in [7, 11) is 2.83. The molecule has 2 saturated carbocycles. The molecule has 0 spiro atoms. The van der Waals surface area contributed by atoms with E-state index in [4.69, 9.17) is 23.2 Å². The highest BCUT2D eigenvalue weighted by Gasteiger charge is 2.60. The largest absolute Gasteiger partial charge is 0.403 e. The molecule has 4 rings (SSSR count). The number of alkyl halides is 3. The van der Waals surface area contributed by atoms with E-state index in [9.17, 15) is 46.7 Å². The first-order chi connectivity index (χ1) is 29.9. The summed E-state index contributed by atoms with van der Waals surface area (Å²) in [6.07, 6.45) is -1.98. The van der Waals surface area contributed by atoms with E-state index in [1.807, 2.05) is 13.8 Å². The van der Waals surface area contributed by atoms with Crippen molar-refractivity contribution in [3.63, 3.8) is 0 Å². The van der Waals surface area contributed by atoms with Gasteiger partial charge in [-0.05, 0) is 101 Å². The van der Waals surface area contributed by atoms with E-state index in [-0.39, 0.29) is 76.2 Å². The Morgan fingerprint density at radius 1 is 0.922 bits per heavy atom. The molecule has 1 heterocycles. The quantitative estimate of drug-likeness (QED) is 0.170. The molecular weight excluding hydrogens is 878 g/mol. The van der Waals surface area contributed by atoms with E-state index in [1.54, 1.807) is 25.1 Å². The summed E-state index contributed by atoms with van der Waals surface area (Å²) >= 11 is 12.8. The Morgan fingerprint density at radius 2 is 1.58 bits per heavy atom. The Balaban J connectivity index is 1.64. The predicted molar refractivity (Wildman–Crippen MR) is 237 cm³/mol. The maximum Gasteiger partial charge on any atom is 0.403 e. The molecule has 1 aliphatic heterocycles. The average Bonchev–Trinajstić information content (AvgIpc) is 4.05.